The molecule has 3 aromatic carbocycles. The molecule has 0 aromatic heterocycles. The first-order valence-corrected chi connectivity index (χ1v) is 8.08. The van der Waals surface area contributed by atoms with Gasteiger partial charge in [-0.2, -0.15) is 13.2 Å². The Kier molecular flexibility index (Phi) is 3.57. The topological polar surface area (TPSA) is 3.01 Å². The third-order valence-electron chi connectivity index (χ3n) is 4.76. The van der Waals surface area contributed by atoms with Crippen molar-refractivity contribution in [3.8, 4) is 0 Å². The summed E-state index contributed by atoms with van der Waals surface area (Å²) in [6.07, 6.45) is -4.41. The molecule has 1 aliphatic heterocycles. The molecule has 0 spiro atoms. The largest absolute Gasteiger partial charge is 0.418 e. The van der Waals surface area contributed by atoms with Crippen LogP contribution in [-0.4, -0.2) is 6.18 Å². The van der Waals surface area contributed by atoms with Crippen LogP contribution in [-0.2, 0) is 5.54 Å². The van der Waals surface area contributed by atoms with Crippen LogP contribution in [0.3, 0.4) is 0 Å². The Hall–Kier alpha value is -2.75. The number of halogens is 3. The van der Waals surface area contributed by atoms with Gasteiger partial charge in [0, 0.05) is 5.69 Å². The maximum Gasteiger partial charge on any atom is 0.418 e. The Balaban J connectivity index is 1.94. The van der Waals surface area contributed by atoms with Gasteiger partial charge in [-0.25, -0.2) is 0 Å². The van der Waals surface area contributed by atoms with Crippen LogP contribution < -0.4 is 4.90 Å². The second kappa shape index (κ2) is 5.66. The van der Waals surface area contributed by atoms with Gasteiger partial charge in [0.1, 0.15) is 0 Å². The average molecular weight is 339 g/mol. The van der Waals surface area contributed by atoms with Crippen LogP contribution in [0.2, 0.25) is 0 Å². The lowest BCUT2D eigenvalue weighted by atomic mass is 9.91. The van der Waals surface area contributed by atoms with E-state index in [1.807, 2.05) is 12.1 Å². The Morgan fingerprint density at radius 3 is 1.68 bits per heavy atom. The van der Waals surface area contributed by atoms with Crippen LogP contribution in [0.5, 0.6) is 0 Å². The summed E-state index contributed by atoms with van der Waals surface area (Å²) in [4.78, 5) is 1.47. The van der Waals surface area contributed by atoms with Crippen LogP contribution in [0, 0.1) is 0 Å². The molecule has 0 saturated carbocycles. The second-order valence-electron chi connectivity index (χ2n) is 6.15. The van der Waals surface area contributed by atoms with Crippen molar-refractivity contribution in [1.82, 2.24) is 0 Å². The number of nitrogens with zero attached hydrogens (tertiary/aromatic N) is 1. The van der Waals surface area contributed by atoms with Gasteiger partial charge in [0.25, 0.3) is 0 Å². The minimum Gasteiger partial charge on any atom is -0.341 e. The molecule has 0 radical (unpaired) electrons. The molecule has 1 saturated heterocycles. The molecule has 25 heavy (non-hydrogen) atoms. The molecule has 1 nitrogen and oxygen atoms in total. The first-order valence-electron chi connectivity index (χ1n) is 8.08. The number of hydrogen-bond acceptors (Lipinski definition) is 1. The molecule has 1 heterocycles. The van der Waals surface area contributed by atoms with Crippen LogP contribution in [0.25, 0.3) is 0 Å². The SMILES string of the molecule is FC(F)(F)[C@]1(c2ccccc2)[C@@H](c2ccccc2)N1c1ccccc1. The van der Waals surface area contributed by atoms with Gasteiger partial charge in [0.05, 0.1) is 6.04 Å². The molecule has 1 aliphatic rings. The lowest BCUT2D eigenvalue weighted by molar-refractivity contribution is -0.161. The Morgan fingerprint density at radius 2 is 1.16 bits per heavy atom. The van der Waals surface area contributed by atoms with E-state index in [4.69, 9.17) is 0 Å². The normalized spacial score (nSPS) is 22.7. The summed E-state index contributed by atoms with van der Waals surface area (Å²) >= 11 is 0. The number of rotatable bonds is 3. The van der Waals surface area contributed by atoms with Gasteiger partial charge in [0.15, 0.2) is 5.54 Å². The van der Waals surface area contributed by atoms with Gasteiger partial charge in [-0.15, -0.1) is 0 Å². The molecule has 0 aliphatic carbocycles. The third-order valence-corrected chi connectivity index (χ3v) is 4.76. The smallest absolute Gasteiger partial charge is 0.341 e. The maximum absolute atomic E-state index is 14.4. The van der Waals surface area contributed by atoms with Crippen LogP contribution >= 0.6 is 0 Å². The van der Waals surface area contributed by atoms with E-state index in [9.17, 15) is 13.2 Å². The molecule has 0 N–H and O–H groups in total. The fourth-order valence-corrected chi connectivity index (χ4v) is 3.70. The van der Waals surface area contributed by atoms with Crippen molar-refractivity contribution in [1.29, 1.82) is 0 Å². The number of hydrogen-bond donors (Lipinski definition) is 0. The molecule has 4 heteroatoms. The number of anilines is 1. The highest BCUT2D eigenvalue weighted by Gasteiger charge is 2.78. The van der Waals surface area contributed by atoms with E-state index in [2.05, 4.69) is 0 Å². The zero-order valence-corrected chi connectivity index (χ0v) is 13.3. The van der Waals surface area contributed by atoms with Gasteiger partial charge in [-0.1, -0.05) is 78.9 Å². The maximum atomic E-state index is 14.4. The molecule has 4 rings (SSSR count). The van der Waals surface area contributed by atoms with E-state index in [0.717, 1.165) is 0 Å². The molecule has 126 valence electrons. The standard InChI is InChI=1S/C21H16F3N/c22-21(23,24)20(17-12-6-2-7-13-17)19(16-10-4-1-5-11-16)25(20)18-14-8-3-9-15-18/h1-15,19H/t19-,20+,25?/m1/s1. The first kappa shape index (κ1) is 15.8. The molecule has 3 aromatic rings. The molecule has 2 atom stereocenters. The van der Waals surface area contributed by atoms with E-state index in [-0.39, 0.29) is 5.56 Å². The van der Waals surface area contributed by atoms with Crippen molar-refractivity contribution in [2.75, 3.05) is 4.90 Å². The summed E-state index contributed by atoms with van der Waals surface area (Å²) in [5, 5.41) is 0. The fourth-order valence-electron chi connectivity index (χ4n) is 3.70. The Labute approximate surface area is 144 Å². The highest BCUT2D eigenvalue weighted by molar-refractivity contribution is 5.67. The fraction of sp³-hybridized carbons (Fsp3) is 0.143. The minimum absolute atomic E-state index is 0.264. The van der Waals surface area contributed by atoms with Gasteiger partial charge in [-0.3, -0.25) is 0 Å². The van der Waals surface area contributed by atoms with Crippen molar-refractivity contribution >= 4 is 5.69 Å². The lowest BCUT2D eigenvalue weighted by Crippen LogP contribution is -2.35. The zero-order valence-electron chi connectivity index (χ0n) is 13.3. The van der Waals surface area contributed by atoms with Crippen molar-refractivity contribution in [2.24, 2.45) is 0 Å². The predicted molar refractivity (Wildman–Crippen MR) is 92.3 cm³/mol. The van der Waals surface area contributed by atoms with Crippen LogP contribution in [0.1, 0.15) is 17.2 Å². The van der Waals surface area contributed by atoms with E-state index in [0.29, 0.717) is 11.3 Å². The molecular formula is C21H16F3N. The zero-order chi connectivity index (χ0) is 17.5. The van der Waals surface area contributed by atoms with E-state index >= 15 is 0 Å². The lowest BCUT2D eigenvalue weighted by Gasteiger charge is -2.22. The summed E-state index contributed by atoms with van der Waals surface area (Å²) in [6, 6.07) is 25.1. The van der Waals surface area contributed by atoms with Gasteiger partial charge in [-0.05, 0) is 23.3 Å². The van der Waals surface area contributed by atoms with Crippen molar-refractivity contribution in [3.63, 3.8) is 0 Å². The number of para-hydroxylation sites is 1. The summed E-state index contributed by atoms with van der Waals surface area (Å²) in [6.45, 7) is 0. The average Bonchev–Trinajstić information content (AvgIpc) is 3.36. The van der Waals surface area contributed by atoms with Crippen molar-refractivity contribution in [3.05, 3.63) is 102 Å². The van der Waals surface area contributed by atoms with Crippen LogP contribution in [0.15, 0.2) is 91.0 Å². The Bertz CT molecular complexity index is 799. The van der Waals surface area contributed by atoms with Crippen molar-refractivity contribution in [2.45, 2.75) is 17.8 Å². The van der Waals surface area contributed by atoms with Gasteiger partial charge in [0.2, 0.25) is 0 Å². The summed E-state index contributed by atoms with van der Waals surface area (Å²) < 4.78 is 43.2. The first-order chi connectivity index (χ1) is 12.1. The second-order valence-corrected chi connectivity index (χ2v) is 6.15. The summed E-state index contributed by atoms with van der Waals surface area (Å²) in [7, 11) is 0. The van der Waals surface area contributed by atoms with E-state index in [1.165, 1.54) is 4.90 Å². The van der Waals surface area contributed by atoms with Crippen molar-refractivity contribution < 1.29 is 13.2 Å². The number of alkyl halides is 3. The quantitative estimate of drug-likeness (QED) is 0.553. The van der Waals surface area contributed by atoms with Crippen LogP contribution in [0.4, 0.5) is 18.9 Å². The highest BCUT2D eigenvalue weighted by atomic mass is 19.4. The highest BCUT2D eigenvalue weighted by Crippen LogP contribution is 2.68. The summed E-state index contributed by atoms with van der Waals surface area (Å²) in [5.74, 6) is 0. The van der Waals surface area contributed by atoms with E-state index in [1.54, 1.807) is 78.9 Å². The monoisotopic (exact) mass is 339 g/mol. The van der Waals surface area contributed by atoms with Gasteiger partial charge >= 0.3 is 6.18 Å². The predicted octanol–water partition coefficient (Wildman–Crippen LogP) is 5.71. The molecule has 0 bridgehead atoms. The molecule has 0 unspecified atom stereocenters. The minimum atomic E-state index is -4.41. The summed E-state index contributed by atoms with van der Waals surface area (Å²) in [5.41, 5.74) is -0.554. The van der Waals surface area contributed by atoms with Gasteiger partial charge < -0.3 is 4.90 Å². The van der Waals surface area contributed by atoms with E-state index < -0.39 is 17.8 Å². The molecular weight excluding hydrogens is 323 g/mol. The molecule has 1 fully saturated rings. The third kappa shape index (κ3) is 2.32. The molecule has 0 amide bonds. The Morgan fingerprint density at radius 1 is 0.680 bits per heavy atom. The number of benzene rings is 3.